The third kappa shape index (κ3) is 6.45. The van der Waals surface area contributed by atoms with E-state index in [9.17, 15) is 25.9 Å². The van der Waals surface area contributed by atoms with E-state index in [-0.39, 0.29) is 15.7 Å². The van der Waals surface area contributed by atoms with Crippen LogP contribution >= 0.6 is 11.6 Å². The lowest BCUT2D eigenvalue weighted by Gasteiger charge is -2.37. The minimum atomic E-state index is -4.32. The number of para-hydroxylation sites is 2. The minimum absolute atomic E-state index is 0.119. The first-order chi connectivity index (χ1) is 23.0. The molecule has 262 valence electrons. The Morgan fingerprint density at radius 2 is 1.57 bits per heavy atom. The van der Waals surface area contributed by atoms with Crippen LogP contribution in [0.25, 0.3) is 0 Å². The third-order valence-corrected chi connectivity index (χ3v) is 13.6. The van der Waals surface area contributed by atoms with Crippen LogP contribution in [0.1, 0.15) is 83.8 Å². The number of hydrogen-bond donors (Lipinski definition) is 2. The molecule has 0 amide bonds. The molecule has 2 aromatic carbocycles. The van der Waals surface area contributed by atoms with Gasteiger partial charge in [0.25, 0.3) is 10.1 Å². The second-order valence-corrected chi connectivity index (χ2v) is 18.3. The molecular weight excluding hydrogens is 680 g/mol. The molecular formula is C38H47ClN2O6S2+2. The first-order valence-electron chi connectivity index (χ1n) is 17.1. The molecule has 11 heteroatoms. The summed E-state index contributed by atoms with van der Waals surface area (Å²) in [6.45, 7) is 9.85. The van der Waals surface area contributed by atoms with E-state index in [4.69, 9.17) is 11.6 Å². The van der Waals surface area contributed by atoms with Gasteiger partial charge in [-0.2, -0.15) is 21.4 Å². The van der Waals surface area contributed by atoms with Crippen LogP contribution < -0.4 is 4.48 Å². The molecule has 3 aliphatic heterocycles. The van der Waals surface area contributed by atoms with Gasteiger partial charge in [0.15, 0.2) is 5.71 Å². The summed E-state index contributed by atoms with van der Waals surface area (Å²) in [6.07, 6.45) is 12.9. The van der Waals surface area contributed by atoms with Crippen LogP contribution in [0.4, 0.5) is 11.4 Å². The van der Waals surface area contributed by atoms with Gasteiger partial charge >= 0.3 is 10.1 Å². The van der Waals surface area contributed by atoms with Crippen molar-refractivity contribution in [1.29, 1.82) is 0 Å². The number of hydrogen-bond acceptors (Lipinski definition) is 4. The second kappa shape index (κ2) is 13.0. The summed E-state index contributed by atoms with van der Waals surface area (Å²) in [7, 11) is -8.33. The quantitative estimate of drug-likeness (QED) is 0.117. The predicted octanol–water partition coefficient (Wildman–Crippen LogP) is 8.08. The molecule has 0 saturated carbocycles. The van der Waals surface area contributed by atoms with E-state index in [1.165, 1.54) is 5.56 Å². The van der Waals surface area contributed by atoms with Crippen LogP contribution in [0.2, 0.25) is 0 Å². The van der Waals surface area contributed by atoms with Crippen LogP contribution in [0, 0.1) is 0 Å². The van der Waals surface area contributed by atoms with Crippen molar-refractivity contribution in [3.8, 4) is 0 Å². The van der Waals surface area contributed by atoms with E-state index in [2.05, 4.69) is 74.8 Å². The first-order valence-corrected chi connectivity index (χ1v) is 20.6. The first kappa shape index (κ1) is 35.9. The smallest absolute Gasteiger partial charge is 0.286 e. The molecule has 1 saturated heterocycles. The molecule has 2 N–H and O–H groups in total. The van der Waals surface area contributed by atoms with Gasteiger partial charge in [-0.05, 0) is 76.7 Å². The lowest BCUT2D eigenvalue weighted by atomic mass is 9.81. The van der Waals surface area contributed by atoms with Crippen molar-refractivity contribution >= 4 is 48.9 Å². The molecule has 3 heterocycles. The number of benzene rings is 2. The Balaban J connectivity index is 1.37. The van der Waals surface area contributed by atoms with Crippen LogP contribution in [0.5, 0.6) is 0 Å². The van der Waals surface area contributed by atoms with Crippen molar-refractivity contribution in [2.24, 2.45) is 0 Å². The Labute approximate surface area is 296 Å². The maximum atomic E-state index is 12.8. The second-order valence-electron chi connectivity index (χ2n) is 14.8. The van der Waals surface area contributed by atoms with Gasteiger partial charge in [0.2, 0.25) is 11.1 Å². The number of rotatable bonds is 9. The summed E-state index contributed by atoms with van der Waals surface area (Å²) in [6, 6.07) is 16.3. The molecule has 1 fully saturated rings. The molecule has 0 bridgehead atoms. The normalized spacial score (nSPS) is 26.5. The largest absolute Gasteiger partial charge is 0.320 e. The summed E-state index contributed by atoms with van der Waals surface area (Å²) in [5, 5.41) is -0.261. The summed E-state index contributed by atoms with van der Waals surface area (Å²) in [5.41, 5.74) is 7.61. The lowest BCUT2D eigenvalue weighted by molar-refractivity contribution is -0.438. The molecule has 8 nitrogen and oxygen atoms in total. The fourth-order valence-electron chi connectivity index (χ4n) is 8.77. The van der Waals surface area contributed by atoms with E-state index in [0.29, 0.717) is 43.8 Å². The van der Waals surface area contributed by atoms with Gasteiger partial charge in [-0.25, -0.2) is 4.48 Å². The molecule has 2 unspecified atom stereocenters. The van der Waals surface area contributed by atoms with Crippen LogP contribution in [0.3, 0.4) is 0 Å². The number of allylic oxidation sites excluding steroid dienone is 8. The zero-order valence-corrected chi connectivity index (χ0v) is 31.1. The molecule has 2 atom stereocenters. The Bertz CT molecular complexity index is 2060. The number of halogens is 1. The van der Waals surface area contributed by atoms with Gasteiger partial charge in [0, 0.05) is 47.6 Å². The van der Waals surface area contributed by atoms with Crippen LogP contribution in [0.15, 0.2) is 94.7 Å². The Kier molecular flexibility index (Phi) is 9.56. The summed E-state index contributed by atoms with van der Waals surface area (Å²) in [5.74, 6) is -0.259. The maximum Gasteiger partial charge on any atom is 0.320 e. The minimum Gasteiger partial charge on any atom is -0.286 e. The molecule has 6 rings (SSSR count). The van der Waals surface area contributed by atoms with Gasteiger partial charge in [-0.15, -0.1) is 0 Å². The van der Waals surface area contributed by atoms with Gasteiger partial charge in [0.1, 0.15) is 17.9 Å². The third-order valence-electron chi connectivity index (χ3n) is 11.0. The highest BCUT2D eigenvalue weighted by Crippen LogP contribution is 2.57. The average molecular weight is 727 g/mol. The Hall–Kier alpha value is -2.86. The predicted molar refractivity (Wildman–Crippen MR) is 198 cm³/mol. The zero-order valence-electron chi connectivity index (χ0n) is 28.7. The SMILES string of the molecule is CC1(C)C(/C=C/C2=C(Cl)C(=C/C=C3\C(C)(C)c4ccccc4[N+]34CCCC4S(=O)(=O)O)/CCC2)=[N+](CCCCS(=O)(=O)O)c2ccccc21. The topological polar surface area (TPSA) is 112 Å². The van der Waals surface area contributed by atoms with Crippen LogP contribution in [-0.4, -0.2) is 60.4 Å². The summed E-state index contributed by atoms with van der Waals surface area (Å²) >= 11 is 7.16. The van der Waals surface area contributed by atoms with Crippen LogP contribution in [-0.2, 0) is 31.1 Å². The van der Waals surface area contributed by atoms with Crippen molar-refractivity contribution in [2.45, 2.75) is 88.8 Å². The molecule has 0 radical (unpaired) electrons. The fourth-order valence-corrected chi connectivity index (χ4v) is 10.9. The van der Waals surface area contributed by atoms with E-state index in [1.54, 1.807) is 0 Å². The van der Waals surface area contributed by atoms with Gasteiger partial charge < -0.3 is 0 Å². The highest BCUT2D eigenvalue weighted by atomic mass is 35.5. The van der Waals surface area contributed by atoms with Gasteiger partial charge in [0.05, 0.1) is 23.1 Å². The summed E-state index contributed by atoms with van der Waals surface area (Å²) < 4.78 is 70.3. The Morgan fingerprint density at radius 3 is 2.29 bits per heavy atom. The number of fused-ring (bicyclic) bond motifs is 3. The van der Waals surface area contributed by atoms with E-state index < -0.39 is 31.0 Å². The van der Waals surface area contributed by atoms with Crippen molar-refractivity contribution in [2.75, 3.05) is 18.8 Å². The van der Waals surface area contributed by atoms with E-state index >= 15 is 0 Å². The van der Waals surface area contributed by atoms with Gasteiger partial charge in [-0.1, -0.05) is 60.2 Å². The molecule has 49 heavy (non-hydrogen) atoms. The number of nitrogens with zero attached hydrogens (tertiary/aromatic N) is 2. The molecule has 4 aliphatic rings. The summed E-state index contributed by atoms with van der Waals surface area (Å²) in [4.78, 5) is 0. The molecule has 2 aromatic rings. The Morgan fingerprint density at radius 1 is 0.878 bits per heavy atom. The van der Waals surface area contributed by atoms with Crippen molar-refractivity contribution in [3.63, 3.8) is 0 Å². The fraction of sp³-hybridized carbons (Fsp3) is 0.447. The molecule has 1 spiro atoms. The lowest BCUT2D eigenvalue weighted by Crippen LogP contribution is -2.55. The maximum absolute atomic E-state index is 12.8. The van der Waals surface area contributed by atoms with Gasteiger partial charge in [-0.3, -0.25) is 9.11 Å². The van der Waals surface area contributed by atoms with Crippen molar-refractivity contribution < 1.29 is 30.5 Å². The average Bonchev–Trinajstić information content (AvgIpc) is 3.63. The highest BCUT2D eigenvalue weighted by molar-refractivity contribution is 7.86. The van der Waals surface area contributed by atoms with E-state index in [0.717, 1.165) is 58.8 Å². The zero-order chi connectivity index (χ0) is 35.4. The number of unbranched alkanes of at least 4 members (excludes halogenated alkanes) is 1. The standard InChI is InChI=1S/C38H45ClN2O6S2/c1-37(2)29-15-5-7-17-31(29)40(24-9-10-26-48(42,43)44)33(37)22-20-27-13-11-14-28(36(27)39)21-23-34-38(3,4)30-16-6-8-18-32(30)41(34)25-12-19-35(41)49(45,46)47/h5-8,15-18,20-23,35H,9-14,19,24-26H2,1-4H3/p+2/b22-20+,28-21+,34-23+. The monoisotopic (exact) mass is 726 g/mol. The number of quaternary nitrogens is 1. The van der Waals surface area contributed by atoms with E-state index in [1.807, 2.05) is 30.3 Å². The van der Waals surface area contributed by atoms with Crippen molar-refractivity contribution in [1.82, 2.24) is 4.48 Å². The van der Waals surface area contributed by atoms with Crippen molar-refractivity contribution in [3.05, 3.63) is 106 Å². The highest BCUT2D eigenvalue weighted by Gasteiger charge is 2.62. The molecule has 1 aliphatic carbocycles. The molecule has 0 aromatic heterocycles.